The molecule has 34 heavy (non-hydrogen) atoms. The second-order valence-electron chi connectivity index (χ2n) is 8.62. The van der Waals surface area contributed by atoms with Crippen molar-refractivity contribution in [2.24, 2.45) is 5.92 Å². The predicted octanol–water partition coefficient (Wildman–Crippen LogP) is 2.39. The van der Waals surface area contributed by atoms with Crippen LogP contribution in [0.3, 0.4) is 0 Å². The van der Waals surface area contributed by atoms with Crippen molar-refractivity contribution in [1.29, 1.82) is 0 Å². The van der Waals surface area contributed by atoms with Crippen LogP contribution in [-0.2, 0) is 9.59 Å². The zero-order valence-corrected chi connectivity index (χ0v) is 18.6. The lowest BCUT2D eigenvalue weighted by molar-refractivity contribution is -0.144. The van der Waals surface area contributed by atoms with E-state index in [4.69, 9.17) is 4.74 Å². The Balaban J connectivity index is 1.26. The number of hydroxylamine groups is 1. The lowest BCUT2D eigenvalue weighted by atomic mass is 9.87. The number of carbonyl (C=O) groups is 2. The Hall–Kier alpha value is -3.75. The molecule has 1 aromatic heterocycles. The van der Waals surface area contributed by atoms with Crippen molar-refractivity contribution in [3.05, 3.63) is 78.5 Å². The molecule has 8 heteroatoms. The average molecular weight is 459 g/mol. The van der Waals surface area contributed by atoms with Crippen molar-refractivity contribution in [2.75, 3.05) is 19.6 Å². The van der Waals surface area contributed by atoms with Crippen LogP contribution in [-0.4, -0.2) is 58.7 Å². The van der Waals surface area contributed by atoms with Gasteiger partial charge < -0.3 is 15.0 Å². The van der Waals surface area contributed by atoms with Gasteiger partial charge in [-0.25, -0.2) is 5.48 Å². The fourth-order valence-corrected chi connectivity index (χ4v) is 4.69. The van der Waals surface area contributed by atoms with Gasteiger partial charge in [0.25, 0.3) is 0 Å². The van der Waals surface area contributed by atoms with Crippen molar-refractivity contribution in [2.45, 2.75) is 18.6 Å². The van der Waals surface area contributed by atoms with E-state index >= 15 is 0 Å². The first kappa shape index (κ1) is 22.1. The average Bonchev–Trinajstić information content (AvgIpc) is 3.39. The predicted molar refractivity (Wildman–Crippen MR) is 127 cm³/mol. The molecule has 3 atom stereocenters. The number of fused-ring (bicyclic) bond motifs is 1. The van der Waals surface area contributed by atoms with Crippen LogP contribution in [0.2, 0.25) is 0 Å². The van der Waals surface area contributed by atoms with Gasteiger partial charge in [-0.05, 0) is 35.8 Å². The molecule has 0 radical (unpaired) electrons. The minimum Gasteiger partial charge on any atom is -0.489 e. The topological polar surface area (TPSA) is 104 Å². The number of piperidine rings is 1. The van der Waals surface area contributed by atoms with E-state index in [0.29, 0.717) is 31.8 Å². The molecule has 0 saturated carbocycles. The van der Waals surface area contributed by atoms with Gasteiger partial charge in [-0.2, -0.15) is 0 Å². The van der Waals surface area contributed by atoms with Crippen LogP contribution in [0.25, 0.3) is 16.5 Å². The number of benzene rings is 2. The molecular formula is C26H26N4O4. The maximum atomic E-state index is 13.3. The number of carbonyl (C=O) groups excluding carboxylic acids is 2. The van der Waals surface area contributed by atoms with E-state index in [0.717, 1.165) is 22.0 Å². The molecule has 2 aromatic carbocycles. The Bertz CT molecular complexity index is 1230. The molecule has 3 N–H and O–H groups in total. The Morgan fingerprint density at radius 2 is 1.97 bits per heavy atom. The number of rotatable bonds is 5. The first-order valence-electron chi connectivity index (χ1n) is 11.3. The van der Waals surface area contributed by atoms with E-state index in [2.05, 4.69) is 10.3 Å². The lowest BCUT2D eigenvalue weighted by Crippen LogP contribution is -2.60. The van der Waals surface area contributed by atoms with Crippen LogP contribution < -0.4 is 15.5 Å². The smallest absolute Gasteiger partial charge is 0.248 e. The second-order valence-corrected chi connectivity index (χ2v) is 8.62. The van der Waals surface area contributed by atoms with E-state index in [1.54, 1.807) is 16.6 Å². The SMILES string of the molecule is O=C(NO)[C@H]1C[C@H](Oc2ccc3cccnc3c2)CN[C@@H]1C(=O)N1CC=C(c2ccccc2)C1. The van der Waals surface area contributed by atoms with Gasteiger partial charge in [0, 0.05) is 37.3 Å². The highest BCUT2D eigenvalue weighted by atomic mass is 16.5. The molecule has 0 spiro atoms. The summed E-state index contributed by atoms with van der Waals surface area (Å²) in [6, 6.07) is 18.7. The molecular weight excluding hydrogens is 432 g/mol. The van der Waals surface area contributed by atoms with Gasteiger partial charge in [-0.1, -0.05) is 42.5 Å². The summed E-state index contributed by atoms with van der Waals surface area (Å²) in [5.41, 5.74) is 4.71. The quantitative estimate of drug-likeness (QED) is 0.401. The molecule has 1 fully saturated rings. The molecule has 2 aliphatic heterocycles. The Labute approximate surface area is 197 Å². The first-order valence-corrected chi connectivity index (χ1v) is 11.3. The number of nitrogens with zero attached hydrogens (tertiary/aromatic N) is 2. The van der Waals surface area contributed by atoms with Crippen molar-refractivity contribution < 1.29 is 19.5 Å². The zero-order valence-electron chi connectivity index (χ0n) is 18.6. The maximum Gasteiger partial charge on any atom is 0.248 e. The molecule has 3 aromatic rings. The minimum atomic E-state index is -0.768. The number of ether oxygens (including phenoxy) is 1. The molecule has 174 valence electrons. The van der Waals surface area contributed by atoms with Crippen LogP contribution in [0.5, 0.6) is 5.75 Å². The highest BCUT2D eigenvalue weighted by molar-refractivity contribution is 5.92. The van der Waals surface area contributed by atoms with Crippen LogP contribution >= 0.6 is 0 Å². The summed E-state index contributed by atoms with van der Waals surface area (Å²) >= 11 is 0. The van der Waals surface area contributed by atoms with Gasteiger partial charge in [0.1, 0.15) is 11.9 Å². The van der Waals surface area contributed by atoms with Crippen LogP contribution in [0, 0.1) is 5.92 Å². The Kier molecular flexibility index (Phi) is 6.24. The van der Waals surface area contributed by atoms with Gasteiger partial charge in [-0.15, -0.1) is 0 Å². The summed E-state index contributed by atoms with van der Waals surface area (Å²) in [5, 5.41) is 13.5. The number of nitrogens with one attached hydrogen (secondary N) is 2. The third-order valence-corrected chi connectivity index (χ3v) is 6.45. The molecule has 2 amide bonds. The Morgan fingerprint density at radius 1 is 1.12 bits per heavy atom. The third-order valence-electron chi connectivity index (χ3n) is 6.45. The molecule has 8 nitrogen and oxygen atoms in total. The van der Waals surface area contributed by atoms with E-state index in [1.807, 2.05) is 66.7 Å². The van der Waals surface area contributed by atoms with E-state index in [-0.39, 0.29) is 12.0 Å². The molecule has 3 heterocycles. The van der Waals surface area contributed by atoms with Crippen molar-refractivity contribution in [3.63, 3.8) is 0 Å². The fraction of sp³-hybridized carbons (Fsp3) is 0.269. The molecule has 1 saturated heterocycles. The van der Waals surface area contributed by atoms with Crippen molar-refractivity contribution in [3.8, 4) is 5.75 Å². The molecule has 0 aliphatic carbocycles. The van der Waals surface area contributed by atoms with E-state index in [9.17, 15) is 14.8 Å². The summed E-state index contributed by atoms with van der Waals surface area (Å²) in [4.78, 5) is 31.9. The maximum absolute atomic E-state index is 13.3. The van der Waals surface area contributed by atoms with Gasteiger partial charge in [0.15, 0.2) is 0 Å². The van der Waals surface area contributed by atoms with E-state index < -0.39 is 17.9 Å². The number of pyridine rings is 1. The molecule has 5 rings (SSSR count). The summed E-state index contributed by atoms with van der Waals surface area (Å²) in [7, 11) is 0. The van der Waals surface area contributed by atoms with Gasteiger partial charge >= 0.3 is 0 Å². The van der Waals surface area contributed by atoms with Crippen molar-refractivity contribution >= 4 is 28.3 Å². The van der Waals surface area contributed by atoms with Gasteiger partial charge in [0.05, 0.1) is 17.5 Å². The lowest BCUT2D eigenvalue weighted by Gasteiger charge is -2.36. The first-order chi connectivity index (χ1) is 16.6. The summed E-state index contributed by atoms with van der Waals surface area (Å²) in [6.45, 7) is 1.37. The highest BCUT2D eigenvalue weighted by Crippen LogP contribution is 2.27. The van der Waals surface area contributed by atoms with Crippen LogP contribution in [0.1, 0.15) is 12.0 Å². The second kappa shape index (κ2) is 9.62. The highest BCUT2D eigenvalue weighted by Gasteiger charge is 2.42. The van der Waals surface area contributed by atoms with Gasteiger partial charge in [-0.3, -0.25) is 19.8 Å². The van der Waals surface area contributed by atoms with Crippen LogP contribution in [0.4, 0.5) is 0 Å². The number of aromatic nitrogens is 1. The monoisotopic (exact) mass is 458 g/mol. The zero-order chi connectivity index (χ0) is 23.5. The van der Waals surface area contributed by atoms with E-state index in [1.165, 1.54) is 0 Å². The largest absolute Gasteiger partial charge is 0.489 e. The normalized spacial score (nSPS) is 22.3. The minimum absolute atomic E-state index is 0.163. The molecule has 2 aliphatic rings. The number of hydrogen-bond acceptors (Lipinski definition) is 6. The van der Waals surface area contributed by atoms with Crippen molar-refractivity contribution in [1.82, 2.24) is 20.7 Å². The Morgan fingerprint density at radius 3 is 2.79 bits per heavy atom. The summed E-state index contributed by atoms with van der Waals surface area (Å²) < 4.78 is 6.12. The molecule has 0 unspecified atom stereocenters. The number of amides is 2. The fourth-order valence-electron chi connectivity index (χ4n) is 4.69. The number of hydrogen-bond donors (Lipinski definition) is 3. The standard InChI is InChI=1S/C26H26N4O4/c31-25(29-33)22-13-21(34-20-9-8-18-7-4-11-27-23(18)14-20)15-28-24(22)26(32)30-12-10-19(16-30)17-5-2-1-3-6-17/h1-11,14,21-22,24,28,33H,12-13,15-16H2,(H,29,31)/t21-,22-,24-/m0/s1. The molecule has 0 bridgehead atoms. The summed E-state index contributed by atoms with van der Waals surface area (Å²) in [5.74, 6) is -0.892. The van der Waals surface area contributed by atoms with Crippen LogP contribution in [0.15, 0.2) is 72.9 Å². The third kappa shape index (κ3) is 4.50. The van der Waals surface area contributed by atoms with Gasteiger partial charge in [0.2, 0.25) is 11.8 Å². The summed E-state index contributed by atoms with van der Waals surface area (Å²) in [6.07, 6.45) is 3.71.